The third-order valence-electron chi connectivity index (χ3n) is 3.10. The van der Waals surface area contributed by atoms with Gasteiger partial charge in [0, 0.05) is 5.56 Å². The van der Waals surface area contributed by atoms with Crippen molar-refractivity contribution in [3.8, 4) is 5.75 Å². The van der Waals surface area contributed by atoms with Gasteiger partial charge in [0.15, 0.2) is 6.61 Å². The molecule has 4 nitrogen and oxygen atoms in total. The molecule has 0 heterocycles. The molecule has 0 fully saturated rings. The molecule has 0 atom stereocenters. The van der Waals surface area contributed by atoms with E-state index in [-0.39, 0.29) is 18.7 Å². The fraction of sp³-hybridized carbons (Fsp3) is 0.353. The van der Waals surface area contributed by atoms with E-state index >= 15 is 0 Å². The van der Waals surface area contributed by atoms with Crippen molar-refractivity contribution >= 4 is 16.7 Å². The third-order valence-corrected chi connectivity index (χ3v) is 3.10. The molecule has 4 heteroatoms. The summed E-state index contributed by atoms with van der Waals surface area (Å²) in [6.07, 6.45) is 0.567. The summed E-state index contributed by atoms with van der Waals surface area (Å²) in [4.78, 5) is 11.6. The van der Waals surface area contributed by atoms with Gasteiger partial charge in [0.2, 0.25) is 0 Å². The van der Waals surface area contributed by atoms with E-state index in [9.17, 15) is 4.79 Å². The summed E-state index contributed by atoms with van der Waals surface area (Å²) in [6.45, 7) is 4.07. The Kier molecular flexibility index (Phi) is 5.17. The molecule has 2 N–H and O–H groups in total. The number of carbonyl (C=O) groups excluding carboxylic acids is 1. The van der Waals surface area contributed by atoms with E-state index in [2.05, 4.69) is 0 Å². The summed E-state index contributed by atoms with van der Waals surface area (Å²) in [5.74, 6) is 0.330. The van der Waals surface area contributed by atoms with Crippen LogP contribution >= 0.6 is 0 Å². The quantitative estimate of drug-likeness (QED) is 0.830. The van der Waals surface area contributed by atoms with Crippen LogP contribution in [-0.4, -0.2) is 25.2 Å². The van der Waals surface area contributed by atoms with Crippen LogP contribution in [0.15, 0.2) is 36.4 Å². The molecule has 0 radical (unpaired) electrons. The summed E-state index contributed by atoms with van der Waals surface area (Å²) in [6, 6.07) is 11.9. The maximum Gasteiger partial charge on any atom is 0.344 e. The van der Waals surface area contributed by atoms with Gasteiger partial charge in [-0.25, -0.2) is 4.79 Å². The Labute approximate surface area is 124 Å². The average Bonchev–Trinajstić information content (AvgIpc) is 2.46. The highest BCUT2D eigenvalue weighted by Gasteiger charge is 2.11. The predicted octanol–water partition coefficient (Wildman–Crippen LogP) is 2.67. The van der Waals surface area contributed by atoms with Crippen LogP contribution in [0.4, 0.5) is 0 Å². The van der Waals surface area contributed by atoms with Gasteiger partial charge in [0.05, 0.1) is 6.10 Å². The minimum atomic E-state index is -0.364. The van der Waals surface area contributed by atoms with Crippen molar-refractivity contribution in [2.24, 2.45) is 5.73 Å². The van der Waals surface area contributed by atoms with Gasteiger partial charge in [0.25, 0.3) is 0 Å². The van der Waals surface area contributed by atoms with Gasteiger partial charge in [-0.1, -0.05) is 30.3 Å². The molecule has 0 saturated carbocycles. The highest BCUT2D eigenvalue weighted by Crippen LogP contribution is 2.28. The second kappa shape index (κ2) is 7.09. The summed E-state index contributed by atoms with van der Waals surface area (Å²) in [5.41, 5.74) is 6.73. The fourth-order valence-corrected chi connectivity index (χ4v) is 2.29. The van der Waals surface area contributed by atoms with Crippen molar-refractivity contribution in [3.05, 3.63) is 42.0 Å². The second-order valence-corrected chi connectivity index (χ2v) is 5.13. The van der Waals surface area contributed by atoms with Gasteiger partial charge in [-0.15, -0.1) is 0 Å². The molecule has 0 unspecified atom stereocenters. The van der Waals surface area contributed by atoms with E-state index in [1.54, 1.807) is 0 Å². The number of fused-ring (bicyclic) bond motifs is 1. The van der Waals surface area contributed by atoms with Crippen LogP contribution in [0.25, 0.3) is 10.8 Å². The van der Waals surface area contributed by atoms with Gasteiger partial charge in [-0.3, -0.25) is 0 Å². The van der Waals surface area contributed by atoms with Crippen LogP contribution in [0.2, 0.25) is 0 Å². The third kappa shape index (κ3) is 3.95. The van der Waals surface area contributed by atoms with E-state index in [0.29, 0.717) is 18.7 Å². The lowest BCUT2D eigenvalue weighted by molar-refractivity contribution is -0.149. The number of carbonyl (C=O) groups is 1. The van der Waals surface area contributed by atoms with Crippen molar-refractivity contribution in [3.63, 3.8) is 0 Å². The van der Waals surface area contributed by atoms with E-state index in [1.807, 2.05) is 50.2 Å². The molecule has 2 aromatic rings. The average molecular weight is 287 g/mol. The smallest absolute Gasteiger partial charge is 0.344 e. The monoisotopic (exact) mass is 287 g/mol. The lowest BCUT2D eigenvalue weighted by Crippen LogP contribution is -2.19. The Morgan fingerprint density at radius 3 is 2.67 bits per heavy atom. The summed E-state index contributed by atoms with van der Waals surface area (Å²) in [5, 5.41) is 2.25. The van der Waals surface area contributed by atoms with E-state index in [4.69, 9.17) is 15.2 Å². The van der Waals surface area contributed by atoms with Crippen LogP contribution in [0.1, 0.15) is 19.4 Å². The first-order valence-electron chi connectivity index (χ1n) is 7.14. The largest absolute Gasteiger partial charge is 0.482 e. The number of hydrogen-bond acceptors (Lipinski definition) is 4. The van der Waals surface area contributed by atoms with Crippen LogP contribution in [0.3, 0.4) is 0 Å². The first-order valence-corrected chi connectivity index (χ1v) is 7.14. The van der Waals surface area contributed by atoms with Crippen molar-refractivity contribution < 1.29 is 14.3 Å². The molecule has 0 aliphatic carbocycles. The molecule has 0 aliphatic rings. The molecule has 0 aliphatic heterocycles. The summed E-state index contributed by atoms with van der Waals surface area (Å²) >= 11 is 0. The minimum Gasteiger partial charge on any atom is -0.482 e. The minimum absolute atomic E-state index is 0.0892. The molecule has 2 aromatic carbocycles. The van der Waals surface area contributed by atoms with E-state index in [0.717, 1.165) is 16.3 Å². The van der Waals surface area contributed by atoms with Crippen LogP contribution in [0.5, 0.6) is 5.75 Å². The number of benzene rings is 2. The Hall–Kier alpha value is -2.07. The first kappa shape index (κ1) is 15.3. The van der Waals surface area contributed by atoms with Gasteiger partial charge in [-0.2, -0.15) is 0 Å². The van der Waals surface area contributed by atoms with Crippen molar-refractivity contribution in [1.82, 2.24) is 0 Å². The Bertz CT molecular complexity index is 622. The number of esters is 1. The SMILES string of the molecule is CC(C)OC(=O)COc1ccc2ccccc2c1CCN. The van der Waals surface area contributed by atoms with Crippen LogP contribution < -0.4 is 10.5 Å². The van der Waals surface area contributed by atoms with Crippen molar-refractivity contribution in [2.75, 3.05) is 13.2 Å². The molecular weight excluding hydrogens is 266 g/mol. The fourth-order valence-electron chi connectivity index (χ4n) is 2.29. The summed E-state index contributed by atoms with van der Waals surface area (Å²) in [7, 11) is 0. The molecule has 0 aromatic heterocycles. The summed E-state index contributed by atoms with van der Waals surface area (Å²) < 4.78 is 10.7. The number of hydrogen-bond donors (Lipinski definition) is 1. The molecule has 0 amide bonds. The van der Waals surface area contributed by atoms with Gasteiger partial charge < -0.3 is 15.2 Å². The van der Waals surface area contributed by atoms with E-state index in [1.165, 1.54) is 0 Å². The maximum atomic E-state index is 11.6. The Morgan fingerprint density at radius 1 is 1.19 bits per heavy atom. The van der Waals surface area contributed by atoms with Gasteiger partial charge in [-0.05, 0) is 43.7 Å². The van der Waals surface area contributed by atoms with Crippen LogP contribution in [0, 0.1) is 0 Å². The molecular formula is C17H21NO3. The highest BCUT2D eigenvalue weighted by molar-refractivity contribution is 5.88. The first-order chi connectivity index (χ1) is 10.1. The molecule has 0 saturated heterocycles. The zero-order valence-electron chi connectivity index (χ0n) is 12.5. The zero-order valence-corrected chi connectivity index (χ0v) is 12.5. The molecule has 112 valence electrons. The van der Waals surface area contributed by atoms with Gasteiger partial charge >= 0.3 is 5.97 Å². The Balaban J connectivity index is 2.22. The highest BCUT2D eigenvalue weighted by atomic mass is 16.6. The second-order valence-electron chi connectivity index (χ2n) is 5.13. The van der Waals surface area contributed by atoms with Crippen molar-refractivity contribution in [1.29, 1.82) is 0 Å². The van der Waals surface area contributed by atoms with Crippen LogP contribution in [-0.2, 0) is 16.0 Å². The normalized spacial score (nSPS) is 10.9. The molecule has 2 rings (SSSR count). The topological polar surface area (TPSA) is 61.5 Å². The predicted molar refractivity (Wildman–Crippen MR) is 83.4 cm³/mol. The number of ether oxygens (including phenoxy) is 2. The number of nitrogens with two attached hydrogens (primary N) is 1. The number of rotatable bonds is 6. The lowest BCUT2D eigenvalue weighted by atomic mass is 10.0. The molecule has 0 bridgehead atoms. The maximum absolute atomic E-state index is 11.6. The Morgan fingerprint density at radius 2 is 1.95 bits per heavy atom. The molecule has 0 spiro atoms. The zero-order chi connectivity index (χ0) is 15.2. The van der Waals surface area contributed by atoms with Gasteiger partial charge in [0.1, 0.15) is 5.75 Å². The molecule has 21 heavy (non-hydrogen) atoms. The van der Waals surface area contributed by atoms with Crippen molar-refractivity contribution in [2.45, 2.75) is 26.4 Å². The standard InChI is InChI=1S/C17H21NO3/c1-12(2)21-17(19)11-20-16-8-7-13-5-3-4-6-14(13)15(16)9-10-18/h3-8,12H,9-11,18H2,1-2H3. The van der Waals surface area contributed by atoms with E-state index < -0.39 is 0 Å². The lowest BCUT2D eigenvalue weighted by Gasteiger charge is -2.14.